The second kappa shape index (κ2) is 7.10. The van der Waals surface area contributed by atoms with E-state index in [1.165, 1.54) is 0 Å². The van der Waals surface area contributed by atoms with E-state index in [0.29, 0.717) is 6.42 Å². The summed E-state index contributed by atoms with van der Waals surface area (Å²) < 4.78 is 21.6. The predicted octanol–water partition coefficient (Wildman–Crippen LogP) is -0.416. The maximum atomic E-state index is 11.2. The van der Waals surface area contributed by atoms with Crippen molar-refractivity contribution >= 4 is 21.8 Å². The number of hydrogen-bond donors (Lipinski definition) is 3. The molecule has 8 heteroatoms. The summed E-state index contributed by atoms with van der Waals surface area (Å²) in [6.45, 7) is 1.72. The van der Waals surface area contributed by atoms with Crippen molar-refractivity contribution in [3.63, 3.8) is 0 Å². The zero-order chi connectivity index (χ0) is 13.5. The number of sulfone groups is 1. The molecule has 3 N–H and O–H groups in total. The van der Waals surface area contributed by atoms with E-state index < -0.39 is 21.8 Å². The van der Waals surface area contributed by atoms with Gasteiger partial charge in [-0.05, 0) is 13.3 Å². The van der Waals surface area contributed by atoms with Crippen molar-refractivity contribution in [2.75, 3.05) is 18.6 Å². The molecule has 0 aliphatic heterocycles. The summed E-state index contributed by atoms with van der Waals surface area (Å²) in [5, 5.41) is 13.3. The number of carboxylic acids is 1. The van der Waals surface area contributed by atoms with Crippen LogP contribution in [0.2, 0.25) is 0 Å². The lowest BCUT2D eigenvalue weighted by Gasteiger charge is -2.13. The second-order valence-corrected chi connectivity index (χ2v) is 6.12. The first-order chi connectivity index (χ1) is 7.70. The van der Waals surface area contributed by atoms with Gasteiger partial charge in [0.05, 0.1) is 5.75 Å². The van der Waals surface area contributed by atoms with E-state index in [2.05, 4.69) is 10.6 Å². The lowest BCUT2D eigenvalue weighted by Crippen LogP contribution is -2.42. The molecule has 0 saturated carbocycles. The fourth-order valence-electron chi connectivity index (χ4n) is 1.04. The molecule has 0 aliphatic carbocycles. The summed E-state index contributed by atoms with van der Waals surface area (Å²) in [7, 11) is -3.09. The average molecular weight is 266 g/mol. The minimum atomic E-state index is -3.09. The number of hydrogen-bond acceptors (Lipinski definition) is 4. The van der Waals surface area contributed by atoms with Crippen LogP contribution in [0.15, 0.2) is 0 Å². The van der Waals surface area contributed by atoms with Gasteiger partial charge < -0.3 is 15.7 Å². The summed E-state index contributed by atoms with van der Waals surface area (Å²) >= 11 is 0. The standard InChI is InChI=1S/C9H18N2O5S/c1-7(3-4-8(12)13)11-9(14)10-5-6-17(2,15)16/h7H,3-6H2,1-2H3,(H,12,13)(H2,10,11,14). The maximum absolute atomic E-state index is 11.2. The molecule has 0 saturated heterocycles. The molecule has 2 amide bonds. The number of rotatable bonds is 7. The first-order valence-electron chi connectivity index (χ1n) is 5.14. The Bertz CT molecular complexity index is 366. The van der Waals surface area contributed by atoms with Gasteiger partial charge in [-0.2, -0.15) is 0 Å². The van der Waals surface area contributed by atoms with E-state index in [1.54, 1.807) is 6.92 Å². The van der Waals surface area contributed by atoms with Crippen LogP contribution in [0.1, 0.15) is 19.8 Å². The van der Waals surface area contributed by atoms with Crippen LogP contribution in [-0.4, -0.2) is 50.1 Å². The Labute approximate surface area is 101 Å². The molecule has 0 aliphatic rings. The smallest absolute Gasteiger partial charge is 0.315 e. The summed E-state index contributed by atoms with van der Waals surface area (Å²) in [5.74, 6) is -1.04. The van der Waals surface area contributed by atoms with E-state index >= 15 is 0 Å². The van der Waals surface area contributed by atoms with Crippen molar-refractivity contribution < 1.29 is 23.1 Å². The monoisotopic (exact) mass is 266 g/mol. The molecular weight excluding hydrogens is 248 g/mol. The van der Waals surface area contributed by atoms with Crippen molar-refractivity contribution in [3.8, 4) is 0 Å². The number of nitrogens with one attached hydrogen (secondary N) is 2. The zero-order valence-corrected chi connectivity index (χ0v) is 10.7. The average Bonchev–Trinajstić information content (AvgIpc) is 2.12. The highest BCUT2D eigenvalue weighted by Crippen LogP contribution is 1.95. The molecule has 7 nitrogen and oxygen atoms in total. The van der Waals surface area contributed by atoms with Crippen molar-refractivity contribution in [2.24, 2.45) is 0 Å². The third-order valence-corrected chi connectivity index (χ3v) is 2.87. The third-order valence-electron chi connectivity index (χ3n) is 1.93. The molecule has 0 fully saturated rings. The van der Waals surface area contributed by atoms with Gasteiger partial charge in [-0.1, -0.05) is 0 Å². The van der Waals surface area contributed by atoms with Gasteiger partial charge in [-0.3, -0.25) is 4.79 Å². The molecule has 0 heterocycles. The highest BCUT2D eigenvalue weighted by Gasteiger charge is 2.09. The summed E-state index contributed by atoms with van der Waals surface area (Å²) in [6.07, 6.45) is 1.39. The molecular formula is C9H18N2O5S. The molecule has 0 spiro atoms. The van der Waals surface area contributed by atoms with Gasteiger partial charge in [0, 0.05) is 25.3 Å². The molecule has 0 aromatic carbocycles. The first-order valence-corrected chi connectivity index (χ1v) is 7.20. The summed E-state index contributed by atoms with van der Waals surface area (Å²) in [4.78, 5) is 21.5. The van der Waals surface area contributed by atoms with Crippen LogP contribution in [-0.2, 0) is 14.6 Å². The fourth-order valence-corrected chi connectivity index (χ4v) is 1.51. The van der Waals surface area contributed by atoms with E-state index in [4.69, 9.17) is 5.11 Å². The van der Waals surface area contributed by atoms with Gasteiger partial charge in [0.1, 0.15) is 9.84 Å². The van der Waals surface area contributed by atoms with Crippen molar-refractivity contribution in [1.82, 2.24) is 10.6 Å². The van der Waals surface area contributed by atoms with E-state index in [0.717, 1.165) is 6.26 Å². The van der Waals surface area contributed by atoms with Crippen LogP contribution < -0.4 is 10.6 Å². The second-order valence-electron chi connectivity index (χ2n) is 3.86. The molecule has 1 atom stereocenters. The third kappa shape index (κ3) is 11.0. The predicted molar refractivity (Wildman–Crippen MR) is 62.6 cm³/mol. The highest BCUT2D eigenvalue weighted by molar-refractivity contribution is 7.90. The minimum absolute atomic E-state index is 0.0230. The van der Waals surface area contributed by atoms with Gasteiger partial charge in [0.25, 0.3) is 0 Å². The number of amides is 2. The van der Waals surface area contributed by atoms with Gasteiger partial charge in [0.2, 0.25) is 0 Å². The van der Waals surface area contributed by atoms with Crippen molar-refractivity contribution in [1.29, 1.82) is 0 Å². The number of aliphatic carboxylic acids is 1. The Morgan fingerprint density at radius 3 is 2.41 bits per heavy atom. The molecule has 0 radical (unpaired) electrons. The van der Waals surface area contributed by atoms with Gasteiger partial charge >= 0.3 is 12.0 Å². The lowest BCUT2D eigenvalue weighted by atomic mass is 10.2. The summed E-state index contributed by atoms with van der Waals surface area (Å²) in [6, 6.07) is -0.768. The van der Waals surface area contributed by atoms with Gasteiger partial charge in [-0.15, -0.1) is 0 Å². The molecule has 100 valence electrons. The number of carbonyl (C=O) groups excluding carboxylic acids is 1. The van der Waals surface area contributed by atoms with Gasteiger partial charge in [0.15, 0.2) is 0 Å². The Morgan fingerprint density at radius 2 is 1.94 bits per heavy atom. The molecule has 0 rings (SSSR count). The van der Waals surface area contributed by atoms with Crippen LogP contribution in [0.4, 0.5) is 4.79 Å². The van der Waals surface area contributed by atoms with Crippen LogP contribution in [0.3, 0.4) is 0 Å². The fraction of sp³-hybridized carbons (Fsp3) is 0.778. The SMILES string of the molecule is CC(CCC(=O)O)NC(=O)NCCS(C)(=O)=O. The van der Waals surface area contributed by atoms with Crippen LogP contribution >= 0.6 is 0 Å². The van der Waals surface area contributed by atoms with Crippen LogP contribution in [0, 0.1) is 0 Å². The van der Waals surface area contributed by atoms with Crippen LogP contribution in [0.25, 0.3) is 0 Å². The van der Waals surface area contributed by atoms with Crippen molar-refractivity contribution in [3.05, 3.63) is 0 Å². The Kier molecular flexibility index (Phi) is 6.55. The molecule has 0 aromatic heterocycles. The Hall–Kier alpha value is -1.31. The molecule has 1 unspecified atom stereocenters. The highest BCUT2D eigenvalue weighted by atomic mass is 32.2. The zero-order valence-electron chi connectivity index (χ0n) is 9.89. The molecule has 17 heavy (non-hydrogen) atoms. The van der Waals surface area contributed by atoms with E-state index in [-0.39, 0.29) is 24.8 Å². The van der Waals surface area contributed by atoms with Crippen LogP contribution in [0.5, 0.6) is 0 Å². The number of urea groups is 1. The summed E-state index contributed by atoms with van der Waals surface area (Å²) in [5.41, 5.74) is 0. The minimum Gasteiger partial charge on any atom is -0.481 e. The molecule has 0 aromatic rings. The largest absolute Gasteiger partial charge is 0.481 e. The normalized spacial score (nSPS) is 12.8. The van der Waals surface area contributed by atoms with Crippen molar-refractivity contribution in [2.45, 2.75) is 25.8 Å². The Balaban J connectivity index is 3.75. The number of carboxylic acid groups (broad SMARTS) is 1. The first kappa shape index (κ1) is 15.7. The van der Waals surface area contributed by atoms with Gasteiger partial charge in [-0.25, -0.2) is 13.2 Å². The maximum Gasteiger partial charge on any atom is 0.315 e. The quantitative estimate of drug-likeness (QED) is 0.579. The topological polar surface area (TPSA) is 113 Å². The Morgan fingerprint density at radius 1 is 1.35 bits per heavy atom. The van der Waals surface area contributed by atoms with E-state index in [1.807, 2.05) is 0 Å². The lowest BCUT2D eigenvalue weighted by molar-refractivity contribution is -0.137. The number of carbonyl (C=O) groups is 2. The molecule has 0 bridgehead atoms. The van der Waals surface area contributed by atoms with E-state index in [9.17, 15) is 18.0 Å².